The molecule has 1 aliphatic carbocycles. The molecule has 2 heterocycles. The average Bonchev–Trinajstić information content (AvgIpc) is 2.84. The van der Waals surface area contributed by atoms with Gasteiger partial charge >= 0.3 is 0 Å². The van der Waals surface area contributed by atoms with Crippen molar-refractivity contribution in [2.45, 2.75) is 40.7 Å². The minimum absolute atomic E-state index is 0.0310. The molecule has 3 rings (SSSR count). The van der Waals surface area contributed by atoms with Gasteiger partial charge in [-0.05, 0) is 25.2 Å². The molecule has 6 heteroatoms. The van der Waals surface area contributed by atoms with Crippen LogP contribution in [0.15, 0.2) is 16.1 Å². The largest absolute Gasteiger partial charge is 0.423 e. The molecule has 23 heavy (non-hydrogen) atoms. The highest BCUT2D eigenvalue weighted by molar-refractivity contribution is 5.84. The third kappa shape index (κ3) is 3.04. The number of hydrogen-bond donors (Lipinski definition) is 0. The highest BCUT2D eigenvalue weighted by atomic mass is 16.5. The van der Waals surface area contributed by atoms with Crippen molar-refractivity contribution >= 4 is 5.91 Å². The molecule has 0 aromatic carbocycles. The molecule has 0 radical (unpaired) electrons. The molecule has 1 aliphatic heterocycles. The molecule has 6 nitrogen and oxygen atoms in total. The molecule has 1 amide bonds. The molecule has 1 aromatic rings. The van der Waals surface area contributed by atoms with Gasteiger partial charge < -0.3 is 14.1 Å². The van der Waals surface area contributed by atoms with E-state index >= 15 is 0 Å². The van der Waals surface area contributed by atoms with Gasteiger partial charge in [0.25, 0.3) is 0 Å². The predicted octanol–water partition coefficient (Wildman–Crippen LogP) is 2.52. The number of nitrogens with zero attached hydrogens (tertiary/aromatic N) is 3. The topological polar surface area (TPSA) is 68.5 Å². The van der Waals surface area contributed by atoms with Gasteiger partial charge in [-0.2, -0.15) is 0 Å². The normalized spacial score (nSPS) is 29.3. The van der Waals surface area contributed by atoms with E-state index in [1.165, 1.54) is 5.57 Å². The van der Waals surface area contributed by atoms with Crippen LogP contribution in [-0.4, -0.2) is 40.7 Å². The molecular formula is C17H25N3O3. The monoisotopic (exact) mass is 319 g/mol. The number of aryl methyl sites for hydroxylation is 1. The molecule has 2 fully saturated rings. The molecule has 1 saturated heterocycles. The van der Waals surface area contributed by atoms with Gasteiger partial charge in [-0.25, -0.2) is 0 Å². The lowest BCUT2D eigenvalue weighted by Gasteiger charge is -2.31. The molecule has 1 saturated carbocycles. The summed E-state index contributed by atoms with van der Waals surface area (Å²) in [5.41, 5.74) is 1.29. The maximum Gasteiger partial charge on any atom is 0.246 e. The second-order valence-electron chi connectivity index (χ2n) is 7.37. The number of carbonyl (C=O) groups excluding carboxylic acids is 1. The van der Waals surface area contributed by atoms with Crippen molar-refractivity contribution in [1.82, 2.24) is 15.1 Å². The maximum absolute atomic E-state index is 12.9. The molecule has 0 bridgehead atoms. The number of rotatable bonds is 3. The van der Waals surface area contributed by atoms with Gasteiger partial charge in [0.2, 0.25) is 17.7 Å². The summed E-state index contributed by atoms with van der Waals surface area (Å²) in [5, 5.41) is 7.86. The van der Waals surface area contributed by atoms with E-state index in [4.69, 9.17) is 9.15 Å². The fourth-order valence-corrected chi connectivity index (χ4v) is 3.46. The third-order valence-corrected chi connectivity index (χ3v) is 4.88. The number of aromatic nitrogens is 2. The number of hydrogen-bond acceptors (Lipinski definition) is 5. The Morgan fingerprint density at radius 1 is 1.35 bits per heavy atom. The molecule has 126 valence electrons. The number of morpholine rings is 1. The number of ether oxygens (including phenoxy) is 1. The zero-order chi connectivity index (χ0) is 16.8. The average molecular weight is 319 g/mol. The summed E-state index contributed by atoms with van der Waals surface area (Å²) in [7, 11) is 0. The second kappa shape index (κ2) is 5.74. The first-order valence-electron chi connectivity index (χ1n) is 8.16. The van der Waals surface area contributed by atoms with E-state index in [9.17, 15) is 4.79 Å². The van der Waals surface area contributed by atoms with Crippen molar-refractivity contribution in [2.75, 3.05) is 19.7 Å². The summed E-state index contributed by atoms with van der Waals surface area (Å²) in [6.45, 7) is 11.8. The van der Waals surface area contributed by atoms with E-state index in [-0.39, 0.29) is 23.3 Å². The molecule has 2 aliphatic rings. The lowest BCUT2D eigenvalue weighted by Crippen LogP contribution is -2.43. The standard InChI is InChI=1S/C17H25N3O3/c1-10(2)8-12-14(17(12,4)5)16(21)20-6-7-22-13(9-20)15-19-18-11(3)23-15/h8,12-14H,6-7,9H2,1-5H3/t12-,13+,14+/m1/s1. The van der Waals surface area contributed by atoms with Crippen molar-refractivity contribution in [3.05, 3.63) is 23.4 Å². The molecule has 1 aromatic heterocycles. The summed E-state index contributed by atoms with van der Waals surface area (Å²) in [6.07, 6.45) is 1.90. The van der Waals surface area contributed by atoms with Crippen LogP contribution in [0.1, 0.15) is 45.6 Å². The Bertz CT molecular complexity index is 631. The summed E-state index contributed by atoms with van der Waals surface area (Å²) in [5.74, 6) is 1.56. The van der Waals surface area contributed by atoms with Crippen LogP contribution in [0.2, 0.25) is 0 Å². The van der Waals surface area contributed by atoms with Crippen LogP contribution < -0.4 is 0 Å². The van der Waals surface area contributed by atoms with Gasteiger partial charge in [0, 0.05) is 13.5 Å². The zero-order valence-corrected chi connectivity index (χ0v) is 14.5. The third-order valence-electron chi connectivity index (χ3n) is 4.88. The quantitative estimate of drug-likeness (QED) is 0.801. The Morgan fingerprint density at radius 2 is 2.09 bits per heavy atom. The second-order valence-corrected chi connectivity index (χ2v) is 7.37. The minimum Gasteiger partial charge on any atom is -0.423 e. The predicted molar refractivity (Wildman–Crippen MR) is 84.5 cm³/mol. The first-order chi connectivity index (χ1) is 10.8. The van der Waals surface area contributed by atoms with E-state index in [0.717, 1.165) is 0 Å². The Labute approximate surface area is 136 Å². The van der Waals surface area contributed by atoms with E-state index in [1.807, 2.05) is 4.90 Å². The van der Waals surface area contributed by atoms with Crippen LogP contribution >= 0.6 is 0 Å². The van der Waals surface area contributed by atoms with E-state index < -0.39 is 0 Å². The van der Waals surface area contributed by atoms with Gasteiger partial charge in [0.15, 0.2) is 6.10 Å². The van der Waals surface area contributed by atoms with Crippen LogP contribution in [-0.2, 0) is 9.53 Å². The fraction of sp³-hybridized carbons (Fsp3) is 0.706. The first-order valence-corrected chi connectivity index (χ1v) is 8.16. The fourth-order valence-electron chi connectivity index (χ4n) is 3.46. The number of carbonyl (C=O) groups is 1. The number of allylic oxidation sites excluding steroid dienone is 2. The maximum atomic E-state index is 12.9. The summed E-state index contributed by atoms with van der Waals surface area (Å²) in [4.78, 5) is 14.8. The lowest BCUT2D eigenvalue weighted by molar-refractivity contribution is -0.142. The smallest absolute Gasteiger partial charge is 0.246 e. The highest BCUT2D eigenvalue weighted by Crippen LogP contribution is 2.60. The Balaban J connectivity index is 1.69. The molecule has 0 spiro atoms. The van der Waals surface area contributed by atoms with Crippen molar-refractivity contribution < 1.29 is 13.9 Å². The minimum atomic E-state index is -0.322. The van der Waals surface area contributed by atoms with Gasteiger partial charge in [-0.15, -0.1) is 10.2 Å². The lowest BCUT2D eigenvalue weighted by atomic mass is 10.1. The van der Waals surface area contributed by atoms with E-state index in [1.54, 1.807) is 6.92 Å². The number of amides is 1. The van der Waals surface area contributed by atoms with Gasteiger partial charge in [-0.1, -0.05) is 25.5 Å². The zero-order valence-electron chi connectivity index (χ0n) is 14.5. The van der Waals surface area contributed by atoms with Crippen LogP contribution in [0, 0.1) is 24.2 Å². The van der Waals surface area contributed by atoms with Crippen molar-refractivity contribution in [2.24, 2.45) is 17.3 Å². The van der Waals surface area contributed by atoms with Crippen LogP contribution in [0.3, 0.4) is 0 Å². The molecular weight excluding hydrogens is 294 g/mol. The first kappa shape index (κ1) is 16.2. The van der Waals surface area contributed by atoms with Crippen LogP contribution in [0.5, 0.6) is 0 Å². The highest BCUT2D eigenvalue weighted by Gasteiger charge is 2.61. The summed E-state index contributed by atoms with van der Waals surface area (Å²) in [6, 6.07) is 0. The molecule has 0 unspecified atom stereocenters. The van der Waals surface area contributed by atoms with Gasteiger partial charge in [0.1, 0.15) is 0 Å². The van der Waals surface area contributed by atoms with Gasteiger partial charge in [-0.3, -0.25) is 4.79 Å². The van der Waals surface area contributed by atoms with Crippen molar-refractivity contribution in [3.63, 3.8) is 0 Å². The van der Waals surface area contributed by atoms with Crippen molar-refractivity contribution in [3.8, 4) is 0 Å². The van der Waals surface area contributed by atoms with E-state index in [0.29, 0.717) is 37.4 Å². The molecule has 3 atom stereocenters. The summed E-state index contributed by atoms with van der Waals surface area (Å²) >= 11 is 0. The van der Waals surface area contributed by atoms with Crippen molar-refractivity contribution in [1.29, 1.82) is 0 Å². The van der Waals surface area contributed by atoms with E-state index in [2.05, 4.69) is 44.0 Å². The Kier molecular flexibility index (Phi) is 4.04. The Hall–Kier alpha value is -1.69. The summed E-state index contributed by atoms with van der Waals surface area (Å²) < 4.78 is 11.1. The Morgan fingerprint density at radius 3 is 2.70 bits per heavy atom. The molecule has 0 N–H and O–H groups in total. The van der Waals surface area contributed by atoms with Crippen LogP contribution in [0.25, 0.3) is 0 Å². The SMILES string of the molecule is CC(C)=C[C@@H]1[C@@H](C(=O)N2CCO[C@H](c3nnc(C)o3)C2)C1(C)C. The van der Waals surface area contributed by atoms with Gasteiger partial charge in [0.05, 0.1) is 19.1 Å². The van der Waals surface area contributed by atoms with Crippen LogP contribution in [0.4, 0.5) is 0 Å².